The molecule has 5 nitrogen and oxygen atoms in total. The molecule has 2 amide bonds. The molecule has 5 heteroatoms. The van der Waals surface area contributed by atoms with E-state index >= 15 is 0 Å². The lowest BCUT2D eigenvalue weighted by atomic mass is 9.92. The second-order valence-electron chi connectivity index (χ2n) is 7.89. The van der Waals surface area contributed by atoms with Crippen LogP contribution in [0.2, 0.25) is 0 Å². The number of hydrogen-bond donors (Lipinski definition) is 0. The molecule has 2 fully saturated rings. The van der Waals surface area contributed by atoms with Gasteiger partial charge in [0, 0.05) is 32.6 Å². The largest absolute Gasteiger partial charge is 0.444 e. The number of nitrogens with zero attached hydrogens (tertiary/aromatic N) is 2. The first-order valence-electron chi connectivity index (χ1n) is 9.11. The van der Waals surface area contributed by atoms with Gasteiger partial charge in [0.1, 0.15) is 5.60 Å². The lowest BCUT2D eigenvalue weighted by molar-refractivity contribution is -0.132. The Balaban J connectivity index is 1.66. The van der Waals surface area contributed by atoms with Crippen molar-refractivity contribution < 1.29 is 14.3 Å². The van der Waals surface area contributed by atoms with E-state index in [0.29, 0.717) is 18.2 Å². The molecule has 2 rings (SSSR count). The summed E-state index contributed by atoms with van der Waals surface area (Å²) in [7, 11) is 0. The summed E-state index contributed by atoms with van der Waals surface area (Å²) in [6.07, 6.45) is 6.93. The smallest absolute Gasteiger partial charge is 0.410 e. The highest BCUT2D eigenvalue weighted by atomic mass is 16.6. The van der Waals surface area contributed by atoms with Crippen molar-refractivity contribution in [2.24, 2.45) is 5.92 Å². The van der Waals surface area contributed by atoms with Gasteiger partial charge in [-0.25, -0.2) is 4.79 Å². The Morgan fingerprint density at radius 1 is 0.957 bits per heavy atom. The summed E-state index contributed by atoms with van der Waals surface area (Å²) in [4.78, 5) is 28.1. The van der Waals surface area contributed by atoms with Crippen LogP contribution in [0.15, 0.2) is 0 Å². The van der Waals surface area contributed by atoms with Crippen LogP contribution in [-0.4, -0.2) is 53.6 Å². The SMILES string of the molecule is CC(C)(C)OC(=O)N1CCC(CCC(=O)N2CCCCC2)CC1. The average Bonchev–Trinajstić information content (AvgIpc) is 2.52. The highest BCUT2D eigenvalue weighted by Crippen LogP contribution is 2.24. The van der Waals surface area contributed by atoms with Crippen molar-refractivity contribution in [1.82, 2.24) is 9.80 Å². The van der Waals surface area contributed by atoms with Gasteiger partial charge in [0.2, 0.25) is 5.91 Å². The minimum Gasteiger partial charge on any atom is -0.444 e. The second kappa shape index (κ2) is 8.02. The summed E-state index contributed by atoms with van der Waals surface area (Å²) in [5.41, 5.74) is -0.436. The molecule has 0 aromatic heterocycles. The van der Waals surface area contributed by atoms with Gasteiger partial charge in [-0.1, -0.05) is 0 Å². The summed E-state index contributed by atoms with van der Waals surface area (Å²) in [6, 6.07) is 0. The van der Waals surface area contributed by atoms with Gasteiger partial charge in [-0.3, -0.25) is 4.79 Å². The number of rotatable bonds is 3. The van der Waals surface area contributed by atoms with Crippen LogP contribution in [0, 0.1) is 5.92 Å². The molecular formula is C18H32N2O3. The molecule has 0 aliphatic carbocycles. The van der Waals surface area contributed by atoms with Crippen LogP contribution in [0.5, 0.6) is 0 Å². The van der Waals surface area contributed by atoms with Crippen LogP contribution >= 0.6 is 0 Å². The number of piperidine rings is 2. The van der Waals surface area contributed by atoms with Gasteiger partial charge >= 0.3 is 6.09 Å². The summed E-state index contributed by atoms with van der Waals surface area (Å²) in [5, 5.41) is 0. The van der Waals surface area contributed by atoms with Gasteiger partial charge in [0.25, 0.3) is 0 Å². The minimum absolute atomic E-state index is 0.208. The molecular weight excluding hydrogens is 292 g/mol. The van der Waals surface area contributed by atoms with Crippen LogP contribution in [0.1, 0.15) is 65.7 Å². The third kappa shape index (κ3) is 6.04. The van der Waals surface area contributed by atoms with Crippen molar-refractivity contribution in [2.75, 3.05) is 26.2 Å². The van der Waals surface area contributed by atoms with E-state index in [-0.39, 0.29) is 6.09 Å². The zero-order valence-corrected chi connectivity index (χ0v) is 15.0. The normalized spacial score (nSPS) is 20.5. The summed E-state index contributed by atoms with van der Waals surface area (Å²) >= 11 is 0. The molecule has 0 radical (unpaired) electrons. The topological polar surface area (TPSA) is 49.9 Å². The maximum absolute atomic E-state index is 12.2. The maximum Gasteiger partial charge on any atom is 0.410 e. The molecule has 0 aromatic rings. The highest BCUT2D eigenvalue weighted by Gasteiger charge is 2.27. The average molecular weight is 324 g/mol. The third-order valence-electron chi connectivity index (χ3n) is 4.74. The van der Waals surface area contributed by atoms with Gasteiger partial charge < -0.3 is 14.5 Å². The van der Waals surface area contributed by atoms with E-state index < -0.39 is 5.60 Å². The molecule has 2 saturated heterocycles. The number of hydrogen-bond acceptors (Lipinski definition) is 3. The Hall–Kier alpha value is -1.26. The Kier molecular flexibility index (Phi) is 6.31. The van der Waals surface area contributed by atoms with Gasteiger partial charge in [0.05, 0.1) is 0 Å². The molecule has 0 N–H and O–H groups in total. The van der Waals surface area contributed by atoms with E-state index in [9.17, 15) is 9.59 Å². The Morgan fingerprint density at radius 3 is 2.13 bits per heavy atom. The number of ether oxygens (including phenoxy) is 1. The Labute approximate surface area is 140 Å². The molecule has 0 spiro atoms. The second-order valence-corrected chi connectivity index (χ2v) is 7.89. The quantitative estimate of drug-likeness (QED) is 0.799. The first kappa shape index (κ1) is 18.1. The summed E-state index contributed by atoms with van der Waals surface area (Å²) in [6.45, 7) is 9.05. The van der Waals surface area contributed by atoms with Crippen LogP contribution in [-0.2, 0) is 9.53 Å². The summed E-state index contributed by atoms with van der Waals surface area (Å²) in [5.74, 6) is 0.877. The highest BCUT2D eigenvalue weighted by molar-refractivity contribution is 5.76. The lowest BCUT2D eigenvalue weighted by Crippen LogP contribution is -2.42. The molecule has 0 saturated carbocycles. The number of carbonyl (C=O) groups is 2. The maximum atomic E-state index is 12.2. The van der Waals surface area contributed by atoms with Crippen LogP contribution < -0.4 is 0 Å². The fourth-order valence-corrected chi connectivity index (χ4v) is 3.36. The first-order chi connectivity index (χ1) is 10.8. The number of amides is 2. The molecule has 2 aliphatic heterocycles. The minimum atomic E-state index is -0.436. The molecule has 2 heterocycles. The van der Waals surface area contributed by atoms with E-state index in [0.717, 1.165) is 58.3 Å². The van der Waals surface area contributed by atoms with Crippen molar-refractivity contribution in [3.8, 4) is 0 Å². The fourth-order valence-electron chi connectivity index (χ4n) is 3.36. The van der Waals surface area contributed by atoms with Gasteiger partial charge in [-0.05, 0) is 65.2 Å². The predicted octanol–water partition coefficient (Wildman–Crippen LogP) is 3.43. The van der Waals surface area contributed by atoms with E-state index in [1.165, 1.54) is 6.42 Å². The van der Waals surface area contributed by atoms with E-state index in [1.54, 1.807) is 4.90 Å². The van der Waals surface area contributed by atoms with Crippen molar-refractivity contribution >= 4 is 12.0 Å². The molecule has 0 bridgehead atoms. The molecule has 2 aliphatic rings. The van der Waals surface area contributed by atoms with E-state index in [4.69, 9.17) is 4.74 Å². The molecule has 0 aromatic carbocycles. The van der Waals surface area contributed by atoms with Crippen LogP contribution in [0.3, 0.4) is 0 Å². The Bertz CT molecular complexity index is 403. The standard InChI is InChI=1S/C18H32N2O3/c1-18(2,3)23-17(22)20-13-9-15(10-14-20)7-8-16(21)19-11-5-4-6-12-19/h15H,4-14H2,1-3H3. The van der Waals surface area contributed by atoms with Crippen molar-refractivity contribution in [3.05, 3.63) is 0 Å². The molecule has 0 atom stereocenters. The molecule has 23 heavy (non-hydrogen) atoms. The van der Waals surface area contributed by atoms with Crippen LogP contribution in [0.4, 0.5) is 4.79 Å². The van der Waals surface area contributed by atoms with Gasteiger partial charge in [-0.15, -0.1) is 0 Å². The van der Waals surface area contributed by atoms with E-state index in [2.05, 4.69) is 0 Å². The summed E-state index contributed by atoms with van der Waals surface area (Å²) < 4.78 is 5.42. The van der Waals surface area contributed by atoms with Crippen molar-refractivity contribution in [3.63, 3.8) is 0 Å². The van der Waals surface area contributed by atoms with Crippen molar-refractivity contribution in [1.29, 1.82) is 0 Å². The van der Waals surface area contributed by atoms with E-state index in [1.807, 2.05) is 25.7 Å². The monoisotopic (exact) mass is 324 g/mol. The van der Waals surface area contributed by atoms with Gasteiger partial charge in [0.15, 0.2) is 0 Å². The lowest BCUT2D eigenvalue weighted by Gasteiger charge is -2.34. The molecule has 132 valence electrons. The predicted molar refractivity (Wildman–Crippen MR) is 90.2 cm³/mol. The molecule has 0 unspecified atom stereocenters. The zero-order chi connectivity index (χ0) is 16.9. The fraction of sp³-hybridized carbons (Fsp3) is 0.889. The zero-order valence-electron chi connectivity index (χ0n) is 15.0. The van der Waals surface area contributed by atoms with Gasteiger partial charge in [-0.2, -0.15) is 0 Å². The Morgan fingerprint density at radius 2 is 1.57 bits per heavy atom. The third-order valence-corrected chi connectivity index (χ3v) is 4.74. The van der Waals surface area contributed by atoms with Crippen LogP contribution in [0.25, 0.3) is 0 Å². The number of likely N-dealkylation sites (tertiary alicyclic amines) is 2. The van der Waals surface area contributed by atoms with Crippen molar-refractivity contribution in [2.45, 2.75) is 71.3 Å². The first-order valence-corrected chi connectivity index (χ1v) is 9.11. The number of carbonyl (C=O) groups excluding carboxylic acids is 2.